The fraction of sp³-hybridized carbons (Fsp3) is 0.542. The Labute approximate surface area is 187 Å². The molecule has 0 bridgehead atoms. The van der Waals surface area contributed by atoms with Gasteiger partial charge in [0.05, 0.1) is 10.6 Å². The summed E-state index contributed by atoms with van der Waals surface area (Å²) in [5.74, 6) is 4.48. The van der Waals surface area contributed by atoms with Gasteiger partial charge in [0, 0.05) is 24.9 Å². The maximum Gasteiger partial charge on any atom is 0.348 e. The predicted octanol–water partition coefficient (Wildman–Crippen LogP) is 4.15. The number of anilines is 1. The molecule has 0 radical (unpaired) electrons. The molecule has 1 fully saturated rings. The van der Waals surface area contributed by atoms with E-state index in [2.05, 4.69) is 24.8 Å². The van der Waals surface area contributed by atoms with Crippen molar-refractivity contribution in [3.8, 4) is 11.8 Å². The van der Waals surface area contributed by atoms with Gasteiger partial charge in [-0.1, -0.05) is 23.5 Å². The van der Waals surface area contributed by atoms with Gasteiger partial charge in [-0.25, -0.2) is 4.79 Å². The first-order valence-corrected chi connectivity index (χ1v) is 11.4. The molecule has 2 amide bonds. The fourth-order valence-electron chi connectivity index (χ4n) is 3.89. The molecule has 166 valence electrons. The van der Waals surface area contributed by atoms with Gasteiger partial charge in [0.2, 0.25) is 11.8 Å². The molecule has 1 N–H and O–H groups in total. The van der Waals surface area contributed by atoms with Crippen LogP contribution in [0.2, 0.25) is 0 Å². The van der Waals surface area contributed by atoms with Crippen LogP contribution >= 0.6 is 11.3 Å². The van der Waals surface area contributed by atoms with Gasteiger partial charge in [0.1, 0.15) is 10.9 Å². The molecule has 1 aromatic rings. The maximum absolute atomic E-state index is 13.6. The number of aromatic carboxylic acids is 1. The number of likely N-dealkylation sites (tertiary alicyclic amines) is 1. The van der Waals surface area contributed by atoms with Crippen molar-refractivity contribution >= 4 is 34.8 Å². The average molecular weight is 443 g/mol. The van der Waals surface area contributed by atoms with E-state index in [-0.39, 0.29) is 28.0 Å². The van der Waals surface area contributed by atoms with Crippen LogP contribution in [0.5, 0.6) is 0 Å². The zero-order valence-corrected chi connectivity index (χ0v) is 19.6. The smallest absolute Gasteiger partial charge is 0.348 e. The Kier molecular flexibility index (Phi) is 6.61. The van der Waals surface area contributed by atoms with Crippen molar-refractivity contribution in [2.24, 2.45) is 11.3 Å². The number of hydrogen-bond acceptors (Lipinski definition) is 4. The zero-order valence-electron chi connectivity index (χ0n) is 18.8. The number of allylic oxidation sites excluding steroid dienone is 2. The van der Waals surface area contributed by atoms with E-state index >= 15 is 0 Å². The summed E-state index contributed by atoms with van der Waals surface area (Å²) in [6, 6.07) is 0.987. The number of likely N-dealkylation sites (N-methyl/N-ethyl adjacent to an activating group) is 1. The Hall–Kier alpha value is -2.59. The minimum absolute atomic E-state index is 0.0523. The van der Waals surface area contributed by atoms with Crippen molar-refractivity contribution in [3.63, 3.8) is 0 Å². The molecule has 1 aliphatic heterocycles. The number of carbonyl (C=O) groups is 3. The first-order valence-electron chi connectivity index (χ1n) is 10.6. The molecule has 0 spiro atoms. The van der Waals surface area contributed by atoms with E-state index in [1.165, 1.54) is 10.5 Å². The summed E-state index contributed by atoms with van der Waals surface area (Å²) in [6.45, 7) is 8.53. The van der Waals surface area contributed by atoms with Crippen molar-refractivity contribution in [1.29, 1.82) is 0 Å². The predicted molar refractivity (Wildman–Crippen MR) is 122 cm³/mol. The second-order valence-electron chi connectivity index (χ2n) is 9.42. The molecule has 0 aromatic carbocycles. The van der Waals surface area contributed by atoms with Gasteiger partial charge in [-0.2, -0.15) is 0 Å². The van der Waals surface area contributed by atoms with Gasteiger partial charge in [0.25, 0.3) is 0 Å². The van der Waals surface area contributed by atoms with Gasteiger partial charge in [0.15, 0.2) is 0 Å². The zero-order chi connectivity index (χ0) is 22.9. The van der Waals surface area contributed by atoms with Gasteiger partial charge >= 0.3 is 5.97 Å². The fourth-order valence-corrected chi connectivity index (χ4v) is 4.74. The molecule has 2 aliphatic rings. The summed E-state index contributed by atoms with van der Waals surface area (Å²) in [4.78, 5) is 42.3. The lowest BCUT2D eigenvalue weighted by Gasteiger charge is -2.32. The van der Waals surface area contributed by atoms with Crippen LogP contribution in [0.15, 0.2) is 17.7 Å². The van der Waals surface area contributed by atoms with Crippen LogP contribution in [0.1, 0.15) is 67.9 Å². The van der Waals surface area contributed by atoms with E-state index in [1.807, 2.05) is 20.8 Å². The SMILES string of the molecule is CC1=CCC(C(=O)N(c2cc(C#CC(C)(C)C)sc2C(=O)O)[C@H]2CCN(C)C2=O)CC1. The molecule has 1 saturated heterocycles. The molecule has 1 aliphatic carbocycles. The lowest BCUT2D eigenvalue weighted by molar-refractivity contribution is -0.131. The van der Waals surface area contributed by atoms with E-state index < -0.39 is 12.0 Å². The second-order valence-corrected chi connectivity index (χ2v) is 10.5. The number of thiophene rings is 1. The molecule has 31 heavy (non-hydrogen) atoms. The molecule has 6 nitrogen and oxygen atoms in total. The summed E-state index contributed by atoms with van der Waals surface area (Å²) >= 11 is 1.06. The maximum atomic E-state index is 13.6. The van der Waals surface area contributed by atoms with Crippen LogP contribution in [0, 0.1) is 23.2 Å². The van der Waals surface area contributed by atoms with E-state index in [0.717, 1.165) is 17.8 Å². The summed E-state index contributed by atoms with van der Waals surface area (Å²) in [5, 5.41) is 9.86. The van der Waals surface area contributed by atoms with E-state index in [9.17, 15) is 19.5 Å². The molecular formula is C24H30N2O4S. The van der Waals surface area contributed by atoms with Crippen molar-refractivity contribution in [1.82, 2.24) is 4.90 Å². The number of rotatable bonds is 4. The quantitative estimate of drug-likeness (QED) is 0.561. The van der Waals surface area contributed by atoms with Crippen LogP contribution in [-0.4, -0.2) is 47.4 Å². The lowest BCUT2D eigenvalue weighted by Crippen LogP contribution is -2.48. The number of carbonyl (C=O) groups excluding carboxylic acids is 2. The van der Waals surface area contributed by atoms with Gasteiger partial charge in [-0.3, -0.25) is 14.5 Å². The van der Waals surface area contributed by atoms with Crippen LogP contribution in [0.25, 0.3) is 0 Å². The number of amides is 2. The number of carboxylic acids is 1. The molecule has 7 heteroatoms. The normalized spacial score (nSPS) is 21.4. The van der Waals surface area contributed by atoms with Gasteiger partial charge in [-0.15, -0.1) is 11.3 Å². The lowest BCUT2D eigenvalue weighted by atomic mass is 9.88. The topological polar surface area (TPSA) is 77.9 Å². The van der Waals surface area contributed by atoms with Crippen LogP contribution in [0.3, 0.4) is 0 Å². The third kappa shape index (κ3) is 5.19. The molecule has 3 rings (SSSR count). The van der Waals surface area contributed by atoms with Crippen molar-refractivity contribution in [3.05, 3.63) is 27.5 Å². The Morgan fingerprint density at radius 2 is 2.00 bits per heavy atom. The first-order chi connectivity index (χ1) is 14.5. The largest absolute Gasteiger partial charge is 0.477 e. The van der Waals surface area contributed by atoms with E-state index in [0.29, 0.717) is 36.4 Å². The van der Waals surface area contributed by atoms with Crippen molar-refractivity contribution < 1.29 is 19.5 Å². The third-order valence-electron chi connectivity index (χ3n) is 5.66. The highest BCUT2D eigenvalue weighted by Crippen LogP contribution is 2.36. The second kappa shape index (κ2) is 8.88. The molecule has 1 unspecified atom stereocenters. The minimum Gasteiger partial charge on any atom is -0.477 e. The number of hydrogen-bond donors (Lipinski definition) is 1. The standard InChI is InChI=1S/C24H30N2O4S/c1-15-6-8-16(9-7-15)21(27)26(18-11-13-25(5)22(18)28)19-14-17(10-12-24(2,3)4)31-20(19)23(29)30/h6,14,16,18H,7-9,11,13H2,1-5H3,(H,29,30)/t16?,18-/m0/s1. The molecule has 2 heterocycles. The average Bonchev–Trinajstić information content (AvgIpc) is 3.26. The van der Waals surface area contributed by atoms with Crippen molar-refractivity contribution in [2.75, 3.05) is 18.5 Å². The van der Waals surface area contributed by atoms with Crippen LogP contribution in [-0.2, 0) is 9.59 Å². The molecule has 2 atom stereocenters. The highest BCUT2D eigenvalue weighted by atomic mass is 32.1. The Morgan fingerprint density at radius 3 is 2.52 bits per heavy atom. The summed E-state index contributed by atoms with van der Waals surface area (Å²) < 4.78 is 0. The molecular weight excluding hydrogens is 412 g/mol. The summed E-state index contributed by atoms with van der Waals surface area (Å²) in [7, 11) is 1.71. The highest BCUT2D eigenvalue weighted by Gasteiger charge is 2.41. The van der Waals surface area contributed by atoms with Crippen molar-refractivity contribution in [2.45, 2.75) is 59.4 Å². The monoisotopic (exact) mass is 442 g/mol. The Bertz CT molecular complexity index is 989. The molecule has 1 aromatic heterocycles. The third-order valence-corrected chi connectivity index (χ3v) is 6.69. The van der Waals surface area contributed by atoms with E-state index in [4.69, 9.17) is 0 Å². The summed E-state index contributed by atoms with van der Waals surface area (Å²) in [5.41, 5.74) is 1.31. The Balaban J connectivity index is 2.07. The number of carboxylic acid groups (broad SMARTS) is 1. The first kappa shape index (κ1) is 23.1. The highest BCUT2D eigenvalue weighted by molar-refractivity contribution is 7.15. The van der Waals surface area contributed by atoms with Crippen LogP contribution in [0.4, 0.5) is 5.69 Å². The molecule has 0 saturated carbocycles. The number of nitrogens with zero attached hydrogens (tertiary/aromatic N) is 2. The van der Waals surface area contributed by atoms with Gasteiger partial charge in [-0.05, 0) is 59.4 Å². The minimum atomic E-state index is -1.11. The van der Waals surface area contributed by atoms with Crippen LogP contribution < -0.4 is 4.90 Å². The van der Waals surface area contributed by atoms with Gasteiger partial charge < -0.3 is 10.0 Å². The Morgan fingerprint density at radius 1 is 1.29 bits per heavy atom. The van der Waals surface area contributed by atoms with E-state index in [1.54, 1.807) is 18.0 Å². The summed E-state index contributed by atoms with van der Waals surface area (Å²) in [6.07, 6.45) is 4.71.